The largest absolute Gasteiger partial charge is 0.434 e. The minimum absolute atomic E-state index is 0.0512. The van der Waals surface area contributed by atoms with Crippen molar-refractivity contribution < 1.29 is 31.1 Å². The summed E-state index contributed by atoms with van der Waals surface area (Å²) in [5, 5.41) is 3.49. The number of benzene rings is 1. The van der Waals surface area contributed by atoms with Crippen molar-refractivity contribution in [2.45, 2.75) is 26.2 Å². The molecule has 0 aliphatic heterocycles. The number of alkyl halides is 6. The molecule has 3 aromatic rings. The number of halogens is 6. The molecule has 31 heavy (non-hydrogen) atoms. The van der Waals surface area contributed by atoms with Crippen LogP contribution in [0.25, 0.3) is 5.69 Å². The third kappa shape index (κ3) is 4.92. The fraction of sp³-hybridized carbons (Fsp3) is 0.222. The third-order valence-corrected chi connectivity index (χ3v) is 3.97. The number of carbonyl (C=O) groups is 1. The highest BCUT2D eigenvalue weighted by Gasteiger charge is 2.41. The standard InChI is InChI=1S/C18H14F6N6O/c1-9-6-10(2)27-16(26-9)29-28-15(31)13-8-25-30(14(13)18(22,23)24)12-5-3-4-11(7-12)17(19,20)21/h3-8H,1-2H3,(H,28,31)(H,26,27,29). The van der Waals surface area contributed by atoms with Crippen LogP contribution in [-0.2, 0) is 12.4 Å². The molecule has 1 aromatic carbocycles. The monoisotopic (exact) mass is 444 g/mol. The quantitative estimate of drug-likeness (QED) is 0.468. The van der Waals surface area contributed by atoms with Crippen LogP contribution < -0.4 is 10.9 Å². The van der Waals surface area contributed by atoms with Gasteiger partial charge in [-0.3, -0.25) is 15.6 Å². The van der Waals surface area contributed by atoms with Crippen LogP contribution in [0.2, 0.25) is 0 Å². The highest BCUT2D eigenvalue weighted by atomic mass is 19.4. The van der Waals surface area contributed by atoms with Gasteiger partial charge in [-0.15, -0.1) is 0 Å². The zero-order valence-electron chi connectivity index (χ0n) is 15.9. The molecule has 0 aliphatic rings. The van der Waals surface area contributed by atoms with Gasteiger partial charge >= 0.3 is 12.4 Å². The second-order valence-electron chi connectivity index (χ2n) is 6.42. The van der Waals surface area contributed by atoms with Gasteiger partial charge in [0.05, 0.1) is 23.0 Å². The van der Waals surface area contributed by atoms with Gasteiger partial charge < -0.3 is 0 Å². The van der Waals surface area contributed by atoms with Crippen molar-refractivity contribution in [1.82, 2.24) is 25.2 Å². The number of hydrazine groups is 1. The summed E-state index contributed by atoms with van der Waals surface area (Å²) in [6, 6.07) is 4.82. The second kappa shape index (κ2) is 7.89. The van der Waals surface area contributed by atoms with E-state index in [1.54, 1.807) is 19.9 Å². The van der Waals surface area contributed by atoms with E-state index in [2.05, 4.69) is 20.5 Å². The van der Waals surface area contributed by atoms with Crippen molar-refractivity contribution in [1.29, 1.82) is 0 Å². The highest BCUT2D eigenvalue weighted by Crippen LogP contribution is 2.35. The van der Waals surface area contributed by atoms with Gasteiger partial charge in [0, 0.05) is 11.4 Å². The Morgan fingerprint density at radius 2 is 1.61 bits per heavy atom. The van der Waals surface area contributed by atoms with Gasteiger partial charge in [0.25, 0.3) is 5.91 Å². The molecule has 2 aromatic heterocycles. The number of aromatic nitrogens is 4. The van der Waals surface area contributed by atoms with E-state index in [-0.39, 0.29) is 10.6 Å². The van der Waals surface area contributed by atoms with Crippen molar-refractivity contribution in [3.63, 3.8) is 0 Å². The van der Waals surface area contributed by atoms with E-state index >= 15 is 0 Å². The van der Waals surface area contributed by atoms with Crippen LogP contribution in [0.15, 0.2) is 36.5 Å². The number of aryl methyl sites for hydroxylation is 2. The summed E-state index contributed by atoms with van der Waals surface area (Å²) in [7, 11) is 0. The van der Waals surface area contributed by atoms with Gasteiger partial charge in [-0.05, 0) is 38.1 Å². The van der Waals surface area contributed by atoms with Gasteiger partial charge in [0.2, 0.25) is 5.95 Å². The second-order valence-corrected chi connectivity index (χ2v) is 6.42. The molecule has 1 amide bonds. The average molecular weight is 444 g/mol. The summed E-state index contributed by atoms with van der Waals surface area (Å²) in [6.45, 7) is 3.31. The predicted octanol–water partition coefficient (Wildman–Crippen LogP) is 4.07. The van der Waals surface area contributed by atoms with Crippen molar-refractivity contribution in [3.8, 4) is 5.69 Å². The molecule has 3 rings (SSSR count). The van der Waals surface area contributed by atoms with E-state index in [1.165, 1.54) is 0 Å². The first-order chi connectivity index (χ1) is 14.4. The summed E-state index contributed by atoms with van der Waals surface area (Å²) in [5.41, 5.74) is 1.35. The van der Waals surface area contributed by atoms with Crippen LogP contribution in [0.3, 0.4) is 0 Å². The molecule has 0 saturated heterocycles. The molecular formula is C18H14F6N6O. The van der Waals surface area contributed by atoms with Crippen LogP contribution in [0, 0.1) is 13.8 Å². The van der Waals surface area contributed by atoms with Gasteiger partial charge in [-0.1, -0.05) is 6.07 Å². The predicted molar refractivity (Wildman–Crippen MR) is 96.2 cm³/mol. The molecule has 0 aliphatic carbocycles. The number of anilines is 1. The van der Waals surface area contributed by atoms with E-state index in [1.807, 2.05) is 5.43 Å². The van der Waals surface area contributed by atoms with Crippen molar-refractivity contribution in [2.24, 2.45) is 0 Å². The molecule has 0 bridgehead atoms. The lowest BCUT2D eigenvalue weighted by atomic mass is 10.1. The molecule has 13 heteroatoms. The van der Waals surface area contributed by atoms with Crippen LogP contribution >= 0.6 is 0 Å². The summed E-state index contributed by atoms with van der Waals surface area (Å²) in [4.78, 5) is 20.3. The zero-order chi connectivity index (χ0) is 23.0. The number of hydrogen-bond acceptors (Lipinski definition) is 5. The Bertz CT molecular complexity index is 1100. The number of carbonyl (C=O) groups excluding carboxylic acids is 1. The molecule has 0 radical (unpaired) electrons. The Morgan fingerprint density at radius 1 is 0.968 bits per heavy atom. The molecule has 2 heterocycles. The minimum atomic E-state index is -5.09. The SMILES string of the molecule is Cc1cc(C)nc(NNC(=O)c2cnn(-c3cccc(C(F)(F)F)c3)c2C(F)(F)F)n1. The molecule has 2 N–H and O–H groups in total. The molecular weight excluding hydrogens is 430 g/mol. The van der Waals surface area contributed by atoms with Crippen molar-refractivity contribution in [3.05, 3.63) is 64.7 Å². The smallest absolute Gasteiger partial charge is 0.267 e. The van der Waals surface area contributed by atoms with E-state index in [0.717, 1.165) is 12.1 Å². The molecule has 0 atom stereocenters. The zero-order valence-corrected chi connectivity index (χ0v) is 15.9. The van der Waals surface area contributed by atoms with Crippen molar-refractivity contribution >= 4 is 11.9 Å². The molecule has 0 spiro atoms. The van der Waals surface area contributed by atoms with Crippen LogP contribution in [0.4, 0.5) is 32.3 Å². The number of amides is 1. The lowest BCUT2D eigenvalue weighted by Crippen LogP contribution is -2.32. The Kier molecular flexibility index (Phi) is 5.61. The summed E-state index contributed by atoms with van der Waals surface area (Å²) < 4.78 is 80.1. The van der Waals surface area contributed by atoms with Gasteiger partial charge in [0.15, 0.2) is 5.69 Å². The van der Waals surface area contributed by atoms with Crippen LogP contribution in [-0.4, -0.2) is 25.7 Å². The molecule has 164 valence electrons. The van der Waals surface area contributed by atoms with Crippen LogP contribution in [0.1, 0.15) is 33.0 Å². The first-order valence-corrected chi connectivity index (χ1v) is 8.58. The topological polar surface area (TPSA) is 84.7 Å². The van der Waals surface area contributed by atoms with Crippen LogP contribution in [0.5, 0.6) is 0 Å². The lowest BCUT2D eigenvalue weighted by molar-refractivity contribution is -0.143. The van der Waals surface area contributed by atoms with E-state index in [9.17, 15) is 31.1 Å². The van der Waals surface area contributed by atoms with E-state index < -0.39 is 40.8 Å². The maximum absolute atomic E-state index is 13.7. The normalized spacial score (nSPS) is 12.0. The van der Waals surface area contributed by atoms with Crippen molar-refractivity contribution in [2.75, 3.05) is 5.43 Å². The molecule has 0 fully saturated rings. The molecule has 7 nitrogen and oxygen atoms in total. The fourth-order valence-corrected chi connectivity index (χ4v) is 2.76. The number of nitrogens with one attached hydrogen (secondary N) is 2. The number of nitrogens with zero attached hydrogens (tertiary/aromatic N) is 4. The maximum atomic E-state index is 13.7. The number of rotatable bonds is 4. The fourth-order valence-electron chi connectivity index (χ4n) is 2.76. The van der Waals surface area contributed by atoms with Gasteiger partial charge in [0.1, 0.15) is 0 Å². The summed E-state index contributed by atoms with van der Waals surface area (Å²) in [5.74, 6) is -1.28. The van der Waals surface area contributed by atoms with E-state index in [0.29, 0.717) is 29.7 Å². The van der Waals surface area contributed by atoms with E-state index in [4.69, 9.17) is 0 Å². The first-order valence-electron chi connectivity index (χ1n) is 8.58. The Hall–Kier alpha value is -3.64. The third-order valence-electron chi connectivity index (χ3n) is 3.97. The van der Waals surface area contributed by atoms with Gasteiger partial charge in [-0.25, -0.2) is 14.6 Å². The Balaban J connectivity index is 1.95. The van der Waals surface area contributed by atoms with Gasteiger partial charge in [-0.2, -0.15) is 31.4 Å². The first kappa shape index (κ1) is 22.1. The summed E-state index contributed by atoms with van der Waals surface area (Å²) >= 11 is 0. The highest BCUT2D eigenvalue weighted by molar-refractivity contribution is 5.96. The maximum Gasteiger partial charge on any atom is 0.434 e. The molecule has 0 saturated carbocycles. The minimum Gasteiger partial charge on any atom is -0.267 e. The lowest BCUT2D eigenvalue weighted by Gasteiger charge is -2.14. The Labute approximate surface area is 171 Å². The molecule has 0 unspecified atom stereocenters. The number of hydrogen-bond donors (Lipinski definition) is 2. The summed E-state index contributed by atoms with van der Waals surface area (Å²) in [6.07, 6.45) is -9.24. The average Bonchev–Trinajstić information content (AvgIpc) is 3.10. The Morgan fingerprint density at radius 3 is 2.19 bits per heavy atom.